The largest absolute Gasteiger partial charge is 0.494 e. The Bertz CT molecular complexity index is 792. The van der Waals surface area contributed by atoms with E-state index in [-0.39, 0.29) is 5.91 Å². The lowest BCUT2D eigenvalue weighted by Crippen LogP contribution is -2.49. The van der Waals surface area contributed by atoms with Crippen LogP contribution in [0.5, 0.6) is 5.75 Å². The molecule has 8 nitrogen and oxygen atoms in total. The summed E-state index contributed by atoms with van der Waals surface area (Å²) in [6.07, 6.45) is 0. The van der Waals surface area contributed by atoms with Crippen molar-refractivity contribution in [3.05, 3.63) is 42.1 Å². The first-order chi connectivity index (χ1) is 13.2. The zero-order chi connectivity index (χ0) is 19.1. The van der Waals surface area contributed by atoms with Crippen LogP contribution in [0.15, 0.2) is 36.4 Å². The molecule has 2 heterocycles. The quantitative estimate of drug-likeness (QED) is 0.828. The summed E-state index contributed by atoms with van der Waals surface area (Å²) in [5.41, 5.74) is 1.07. The van der Waals surface area contributed by atoms with Gasteiger partial charge in [0, 0.05) is 31.9 Å². The van der Waals surface area contributed by atoms with Gasteiger partial charge in [-0.15, -0.1) is 10.2 Å². The van der Waals surface area contributed by atoms with Gasteiger partial charge >= 0.3 is 0 Å². The minimum atomic E-state index is -0.0363. The van der Waals surface area contributed by atoms with E-state index >= 15 is 0 Å². The highest BCUT2D eigenvalue weighted by molar-refractivity contribution is 5.92. The number of carbonyl (C=O) groups is 1. The molecule has 0 aliphatic carbocycles. The minimum absolute atomic E-state index is 0.0363. The summed E-state index contributed by atoms with van der Waals surface area (Å²) in [6.45, 7) is 5.94. The van der Waals surface area contributed by atoms with Gasteiger partial charge < -0.3 is 15.0 Å². The molecular formula is C19H22N6O2. The summed E-state index contributed by atoms with van der Waals surface area (Å²) >= 11 is 0. The van der Waals surface area contributed by atoms with Crippen molar-refractivity contribution >= 4 is 17.4 Å². The van der Waals surface area contributed by atoms with Crippen LogP contribution in [0, 0.1) is 11.3 Å². The number of aromatic nitrogens is 2. The Labute approximate surface area is 158 Å². The Balaban J connectivity index is 1.45. The van der Waals surface area contributed by atoms with Gasteiger partial charge in [-0.1, -0.05) is 0 Å². The van der Waals surface area contributed by atoms with Crippen LogP contribution in [0.4, 0.5) is 11.5 Å². The third kappa shape index (κ3) is 5.15. The Morgan fingerprint density at radius 3 is 2.48 bits per heavy atom. The molecule has 8 heteroatoms. The summed E-state index contributed by atoms with van der Waals surface area (Å²) in [5, 5.41) is 19.6. The van der Waals surface area contributed by atoms with Crippen LogP contribution in [-0.2, 0) is 4.79 Å². The van der Waals surface area contributed by atoms with Crippen LogP contribution in [0.25, 0.3) is 0 Å². The summed E-state index contributed by atoms with van der Waals surface area (Å²) < 4.78 is 5.40. The van der Waals surface area contributed by atoms with Crippen molar-refractivity contribution in [1.29, 1.82) is 5.26 Å². The lowest BCUT2D eigenvalue weighted by atomic mass is 10.2. The van der Waals surface area contributed by atoms with Crippen molar-refractivity contribution in [2.75, 3.05) is 49.5 Å². The number of benzene rings is 1. The average molecular weight is 366 g/mol. The van der Waals surface area contributed by atoms with Crippen molar-refractivity contribution in [1.82, 2.24) is 15.1 Å². The zero-order valence-electron chi connectivity index (χ0n) is 15.3. The highest BCUT2D eigenvalue weighted by atomic mass is 16.5. The van der Waals surface area contributed by atoms with E-state index in [1.165, 1.54) is 0 Å². The van der Waals surface area contributed by atoms with Gasteiger partial charge in [-0.05, 0) is 43.3 Å². The van der Waals surface area contributed by atoms with Crippen LogP contribution in [0.1, 0.15) is 12.6 Å². The number of rotatable bonds is 6. The molecule has 1 amide bonds. The van der Waals surface area contributed by atoms with E-state index in [4.69, 9.17) is 10.00 Å². The molecule has 2 aromatic rings. The molecule has 0 atom stereocenters. The highest BCUT2D eigenvalue weighted by Crippen LogP contribution is 2.16. The number of carbonyl (C=O) groups excluding carboxylic acids is 1. The fraction of sp³-hybridized carbons (Fsp3) is 0.368. The smallest absolute Gasteiger partial charge is 0.238 e. The first kappa shape index (κ1) is 18.6. The Kier molecular flexibility index (Phi) is 6.18. The van der Waals surface area contributed by atoms with E-state index < -0.39 is 0 Å². The minimum Gasteiger partial charge on any atom is -0.494 e. The number of nitriles is 1. The SMILES string of the molecule is CCOc1ccc(NC(=O)CN2CCN(c3ccc(C#N)nn3)CC2)cc1. The molecule has 3 rings (SSSR count). The lowest BCUT2D eigenvalue weighted by Gasteiger charge is -2.34. The predicted octanol–water partition coefficient (Wildman–Crippen LogP) is 1.51. The normalized spacial score (nSPS) is 14.4. The maximum atomic E-state index is 12.3. The van der Waals surface area contributed by atoms with Crippen LogP contribution in [-0.4, -0.2) is 60.3 Å². The molecule has 1 aliphatic rings. The maximum Gasteiger partial charge on any atom is 0.238 e. The van der Waals surface area contributed by atoms with Crippen molar-refractivity contribution in [2.24, 2.45) is 0 Å². The average Bonchev–Trinajstić information content (AvgIpc) is 2.70. The highest BCUT2D eigenvalue weighted by Gasteiger charge is 2.20. The molecule has 0 spiro atoms. The molecular weight excluding hydrogens is 344 g/mol. The Morgan fingerprint density at radius 1 is 1.15 bits per heavy atom. The summed E-state index contributed by atoms with van der Waals surface area (Å²) in [5.74, 6) is 1.51. The molecule has 1 aromatic carbocycles. The summed E-state index contributed by atoms with van der Waals surface area (Å²) in [4.78, 5) is 16.5. The van der Waals surface area contributed by atoms with Gasteiger partial charge in [-0.3, -0.25) is 9.69 Å². The molecule has 1 saturated heterocycles. The lowest BCUT2D eigenvalue weighted by molar-refractivity contribution is -0.117. The molecule has 0 unspecified atom stereocenters. The van der Waals surface area contributed by atoms with Gasteiger partial charge in [0.05, 0.1) is 13.2 Å². The van der Waals surface area contributed by atoms with Gasteiger partial charge in [0.15, 0.2) is 11.5 Å². The van der Waals surface area contributed by atoms with Crippen molar-refractivity contribution in [2.45, 2.75) is 6.92 Å². The number of piperazine rings is 1. The summed E-state index contributed by atoms with van der Waals surface area (Å²) in [6, 6.07) is 12.8. The molecule has 0 saturated carbocycles. The molecule has 1 aromatic heterocycles. The second-order valence-corrected chi connectivity index (χ2v) is 6.16. The number of amides is 1. The number of hydrogen-bond acceptors (Lipinski definition) is 7. The number of ether oxygens (including phenoxy) is 1. The monoisotopic (exact) mass is 366 g/mol. The summed E-state index contributed by atoms with van der Waals surface area (Å²) in [7, 11) is 0. The van der Waals surface area contributed by atoms with Crippen LogP contribution >= 0.6 is 0 Å². The molecule has 1 N–H and O–H groups in total. The molecule has 1 aliphatic heterocycles. The Hall–Kier alpha value is -3.18. The third-order valence-corrected chi connectivity index (χ3v) is 4.28. The zero-order valence-corrected chi connectivity index (χ0v) is 15.3. The van der Waals surface area contributed by atoms with Crippen LogP contribution < -0.4 is 15.0 Å². The molecule has 1 fully saturated rings. The number of anilines is 2. The maximum absolute atomic E-state index is 12.3. The fourth-order valence-corrected chi connectivity index (χ4v) is 2.89. The predicted molar refractivity (Wildman–Crippen MR) is 102 cm³/mol. The van der Waals surface area contributed by atoms with E-state index in [0.29, 0.717) is 18.8 Å². The first-order valence-corrected chi connectivity index (χ1v) is 8.92. The van der Waals surface area contributed by atoms with Gasteiger partial charge in [0.25, 0.3) is 0 Å². The van der Waals surface area contributed by atoms with Crippen molar-refractivity contribution in [3.8, 4) is 11.8 Å². The molecule has 0 bridgehead atoms. The molecule has 0 radical (unpaired) electrons. The standard InChI is InChI=1S/C19H22N6O2/c1-2-27-17-6-3-15(4-7-17)21-19(26)14-24-9-11-25(12-10-24)18-8-5-16(13-20)22-23-18/h3-8H,2,9-12,14H2,1H3,(H,21,26). The van der Waals surface area contributed by atoms with Gasteiger partial charge in [-0.25, -0.2) is 0 Å². The third-order valence-electron chi connectivity index (χ3n) is 4.28. The van der Waals surface area contributed by atoms with Gasteiger partial charge in [0.2, 0.25) is 5.91 Å². The molecule has 27 heavy (non-hydrogen) atoms. The number of hydrogen-bond donors (Lipinski definition) is 1. The van der Waals surface area contributed by atoms with Crippen molar-refractivity contribution in [3.63, 3.8) is 0 Å². The van der Waals surface area contributed by atoms with Crippen LogP contribution in [0.2, 0.25) is 0 Å². The second kappa shape index (κ2) is 8.96. The topological polar surface area (TPSA) is 94.4 Å². The molecule has 140 valence electrons. The second-order valence-electron chi connectivity index (χ2n) is 6.16. The van der Waals surface area contributed by atoms with Crippen molar-refractivity contribution < 1.29 is 9.53 Å². The number of nitrogens with zero attached hydrogens (tertiary/aromatic N) is 5. The van der Waals surface area contributed by atoms with E-state index in [1.54, 1.807) is 12.1 Å². The Morgan fingerprint density at radius 2 is 1.89 bits per heavy atom. The van der Waals surface area contributed by atoms with E-state index in [1.807, 2.05) is 37.3 Å². The fourth-order valence-electron chi connectivity index (χ4n) is 2.89. The van der Waals surface area contributed by atoms with E-state index in [0.717, 1.165) is 43.4 Å². The first-order valence-electron chi connectivity index (χ1n) is 8.92. The number of nitrogens with one attached hydrogen (secondary N) is 1. The van der Waals surface area contributed by atoms with Crippen LogP contribution in [0.3, 0.4) is 0 Å². The van der Waals surface area contributed by atoms with Gasteiger partial charge in [-0.2, -0.15) is 5.26 Å². The van der Waals surface area contributed by atoms with E-state index in [9.17, 15) is 4.79 Å². The van der Waals surface area contributed by atoms with E-state index in [2.05, 4.69) is 25.3 Å². The van der Waals surface area contributed by atoms with Gasteiger partial charge in [0.1, 0.15) is 11.8 Å².